The van der Waals surface area contributed by atoms with Gasteiger partial charge in [0.1, 0.15) is 11.9 Å². The SMILES string of the molecule is CCN(c1ccc(-c2ccc(-c3cn[nH]c3)cc2O)nn1)[C@@H]1CC2CCC(N2)[C@@H]1F. The Morgan fingerprint density at radius 3 is 2.77 bits per heavy atom. The van der Waals surface area contributed by atoms with Crippen LogP contribution in [0.4, 0.5) is 10.2 Å². The van der Waals surface area contributed by atoms with E-state index < -0.39 is 6.17 Å². The molecule has 3 N–H and O–H groups in total. The van der Waals surface area contributed by atoms with Crippen LogP contribution in [0, 0.1) is 0 Å². The number of phenols is 1. The highest BCUT2D eigenvalue weighted by atomic mass is 19.1. The molecule has 2 aliphatic heterocycles. The summed E-state index contributed by atoms with van der Waals surface area (Å²) in [7, 11) is 0. The molecule has 2 aliphatic rings. The number of anilines is 1. The zero-order valence-electron chi connectivity index (χ0n) is 16.8. The van der Waals surface area contributed by atoms with Crippen LogP contribution in [-0.2, 0) is 0 Å². The molecule has 0 aliphatic carbocycles. The van der Waals surface area contributed by atoms with Gasteiger partial charge in [0, 0.05) is 36.0 Å². The fourth-order valence-corrected chi connectivity index (χ4v) is 4.80. The van der Waals surface area contributed by atoms with Crippen LogP contribution in [0.1, 0.15) is 26.2 Å². The van der Waals surface area contributed by atoms with Gasteiger partial charge in [-0.05, 0) is 56.0 Å². The van der Waals surface area contributed by atoms with Crippen molar-refractivity contribution in [2.75, 3.05) is 11.4 Å². The molecule has 4 atom stereocenters. The number of hydrogen-bond donors (Lipinski definition) is 3. The van der Waals surface area contributed by atoms with E-state index in [1.165, 1.54) is 0 Å². The van der Waals surface area contributed by atoms with Crippen molar-refractivity contribution in [2.24, 2.45) is 0 Å². The van der Waals surface area contributed by atoms with Crippen molar-refractivity contribution in [2.45, 2.75) is 50.5 Å². The average molecular weight is 408 g/mol. The number of nitrogens with one attached hydrogen (secondary N) is 2. The fourth-order valence-electron chi connectivity index (χ4n) is 4.80. The Balaban J connectivity index is 1.38. The van der Waals surface area contributed by atoms with E-state index in [2.05, 4.69) is 25.7 Å². The summed E-state index contributed by atoms with van der Waals surface area (Å²) in [5.41, 5.74) is 2.94. The topological polar surface area (TPSA) is 90.0 Å². The predicted molar refractivity (Wildman–Crippen MR) is 113 cm³/mol. The lowest BCUT2D eigenvalue weighted by atomic mass is 9.96. The Hall–Kier alpha value is -3.00. The summed E-state index contributed by atoms with van der Waals surface area (Å²) in [4.78, 5) is 2.02. The summed E-state index contributed by atoms with van der Waals surface area (Å²) >= 11 is 0. The molecule has 8 heteroatoms. The minimum absolute atomic E-state index is 0.0549. The number of phenolic OH excluding ortho intramolecular Hbond substituents is 1. The first-order valence-corrected chi connectivity index (χ1v) is 10.5. The lowest BCUT2D eigenvalue weighted by molar-refractivity contribution is 0.173. The number of aromatic amines is 1. The summed E-state index contributed by atoms with van der Waals surface area (Å²) in [6.45, 7) is 2.69. The third kappa shape index (κ3) is 3.31. The summed E-state index contributed by atoms with van der Waals surface area (Å²) in [6.07, 6.45) is 5.28. The molecule has 1 aromatic carbocycles. The van der Waals surface area contributed by atoms with Gasteiger partial charge in [0.25, 0.3) is 0 Å². The molecule has 156 valence electrons. The quantitative estimate of drug-likeness (QED) is 0.600. The van der Waals surface area contributed by atoms with Crippen LogP contribution in [0.3, 0.4) is 0 Å². The van der Waals surface area contributed by atoms with Gasteiger partial charge in [-0.25, -0.2) is 4.39 Å². The third-order valence-electron chi connectivity index (χ3n) is 6.34. The number of aromatic nitrogens is 4. The van der Waals surface area contributed by atoms with Crippen LogP contribution in [0.2, 0.25) is 0 Å². The number of piperidine rings is 1. The number of benzene rings is 1. The number of rotatable bonds is 5. The third-order valence-corrected chi connectivity index (χ3v) is 6.34. The molecule has 2 saturated heterocycles. The second kappa shape index (κ2) is 7.68. The number of fused-ring (bicyclic) bond motifs is 2. The summed E-state index contributed by atoms with van der Waals surface area (Å²) in [6, 6.07) is 9.27. The monoisotopic (exact) mass is 408 g/mol. The molecule has 0 radical (unpaired) electrons. The lowest BCUT2D eigenvalue weighted by Gasteiger charge is -2.40. The molecule has 0 spiro atoms. The number of H-pyrrole nitrogens is 1. The van der Waals surface area contributed by atoms with E-state index in [0.29, 0.717) is 29.7 Å². The standard InChI is InChI=1S/C22H25FN6O/c1-2-29(19-10-15-4-6-18(26-15)22(19)23)21-8-7-17(27-28-21)16-5-3-13(9-20(16)30)14-11-24-25-12-14/h3,5,7-9,11-12,15,18-19,22,26,30H,2,4,6,10H2,1H3,(H,24,25)/t15?,18?,19-,22+/m1/s1. The van der Waals surface area contributed by atoms with Gasteiger partial charge >= 0.3 is 0 Å². The van der Waals surface area contributed by atoms with E-state index in [9.17, 15) is 5.11 Å². The van der Waals surface area contributed by atoms with Crippen molar-refractivity contribution >= 4 is 5.82 Å². The number of aromatic hydroxyl groups is 1. The maximum absolute atomic E-state index is 15.0. The molecule has 3 aromatic rings. The molecule has 7 nitrogen and oxygen atoms in total. The van der Waals surface area contributed by atoms with Gasteiger partial charge in [0.2, 0.25) is 0 Å². The predicted octanol–water partition coefficient (Wildman–Crippen LogP) is 3.30. The first kappa shape index (κ1) is 19.0. The van der Waals surface area contributed by atoms with Gasteiger partial charge in [-0.1, -0.05) is 6.07 Å². The average Bonchev–Trinajstić information content (AvgIpc) is 3.44. The number of nitrogens with zero attached hydrogens (tertiary/aromatic N) is 4. The van der Waals surface area contributed by atoms with E-state index in [0.717, 1.165) is 30.4 Å². The van der Waals surface area contributed by atoms with Crippen LogP contribution in [0.15, 0.2) is 42.7 Å². The Labute approximate surface area is 174 Å². The minimum atomic E-state index is -0.912. The zero-order valence-corrected chi connectivity index (χ0v) is 16.8. The Morgan fingerprint density at radius 1 is 1.17 bits per heavy atom. The highest BCUT2D eigenvalue weighted by molar-refractivity contribution is 5.73. The second-order valence-electron chi connectivity index (χ2n) is 8.08. The minimum Gasteiger partial charge on any atom is -0.507 e. The number of alkyl halides is 1. The first-order valence-electron chi connectivity index (χ1n) is 10.5. The first-order chi connectivity index (χ1) is 14.6. The van der Waals surface area contributed by atoms with E-state index in [1.807, 2.05) is 36.1 Å². The Morgan fingerprint density at radius 2 is 2.07 bits per heavy atom. The van der Waals surface area contributed by atoms with E-state index in [-0.39, 0.29) is 17.8 Å². The van der Waals surface area contributed by atoms with Gasteiger partial charge < -0.3 is 15.3 Å². The Bertz CT molecular complexity index is 1010. The fraction of sp³-hybridized carbons (Fsp3) is 0.409. The summed E-state index contributed by atoms with van der Waals surface area (Å²) < 4.78 is 15.0. The Kier molecular flexibility index (Phi) is 4.86. The van der Waals surface area contributed by atoms with Crippen LogP contribution in [0.25, 0.3) is 22.4 Å². The highest BCUT2D eigenvalue weighted by Crippen LogP contribution is 2.35. The maximum atomic E-state index is 15.0. The molecule has 4 heterocycles. The van der Waals surface area contributed by atoms with Crippen LogP contribution in [0.5, 0.6) is 5.75 Å². The molecular weight excluding hydrogens is 383 g/mol. The van der Waals surface area contributed by atoms with Gasteiger partial charge in [0.05, 0.1) is 17.9 Å². The second-order valence-corrected chi connectivity index (χ2v) is 8.08. The number of halogens is 1. The van der Waals surface area contributed by atoms with Crippen molar-refractivity contribution in [1.82, 2.24) is 25.7 Å². The van der Waals surface area contributed by atoms with Crippen LogP contribution in [-0.4, -0.2) is 56.3 Å². The van der Waals surface area contributed by atoms with Gasteiger partial charge in [0.15, 0.2) is 5.82 Å². The van der Waals surface area contributed by atoms with Crippen LogP contribution >= 0.6 is 0 Å². The largest absolute Gasteiger partial charge is 0.507 e. The normalized spacial score (nSPS) is 25.4. The van der Waals surface area contributed by atoms with Crippen molar-refractivity contribution < 1.29 is 9.50 Å². The summed E-state index contributed by atoms with van der Waals surface area (Å²) in [5.74, 6) is 0.798. The van der Waals surface area contributed by atoms with E-state index in [4.69, 9.17) is 0 Å². The van der Waals surface area contributed by atoms with Crippen molar-refractivity contribution in [3.05, 3.63) is 42.7 Å². The highest BCUT2D eigenvalue weighted by Gasteiger charge is 2.44. The smallest absolute Gasteiger partial charge is 0.151 e. The zero-order chi connectivity index (χ0) is 20.7. The van der Waals surface area contributed by atoms with Gasteiger partial charge in [-0.3, -0.25) is 5.10 Å². The molecule has 0 amide bonds. The van der Waals surface area contributed by atoms with E-state index in [1.54, 1.807) is 18.5 Å². The molecule has 5 rings (SSSR count). The molecule has 2 unspecified atom stereocenters. The molecular formula is C22H25FN6O. The van der Waals surface area contributed by atoms with Gasteiger partial charge in [-0.2, -0.15) is 5.10 Å². The lowest BCUT2D eigenvalue weighted by Crippen LogP contribution is -2.56. The van der Waals surface area contributed by atoms with E-state index >= 15 is 4.39 Å². The van der Waals surface area contributed by atoms with Crippen molar-refractivity contribution in [3.63, 3.8) is 0 Å². The molecule has 2 aromatic heterocycles. The number of hydrogen-bond acceptors (Lipinski definition) is 6. The molecule has 0 saturated carbocycles. The van der Waals surface area contributed by atoms with Crippen molar-refractivity contribution in [3.8, 4) is 28.1 Å². The summed E-state index contributed by atoms with van der Waals surface area (Å²) in [5, 5.41) is 29.3. The van der Waals surface area contributed by atoms with Gasteiger partial charge in [-0.15, -0.1) is 10.2 Å². The maximum Gasteiger partial charge on any atom is 0.151 e. The van der Waals surface area contributed by atoms with Crippen molar-refractivity contribution in [1.29, 1.82) is 0 Å². The van der Waals surface area contributed by atoms with Crippen LogP contribution < -0.4 is 10.2 Å². The molecule has 30 heavy (non-hydrogen) atoms. The molecule has 2 fully saturated rings. The molecule has 2 bridgehead atoms.